The molecule has 0 atom stereocenters. The summed E-state index contributed by atoms with van der Waals surface area (Å²) in [5.74, 6) is 1.17. The third-order valence-electron chi connectivity index (χ3n) is 3.30. The van der Waals surface area contributed by atoms with Crippen molar-refractivity contribution >= 4 is 21.9 Å². The second-order valence-corrected chi connectivity index (χ2v) is 5.69. The molecule has 4 nitrogen and oxygen atoms in total. The Labute approximate surface area is 143 Å². The van der Waals surface area contributed by atoms with Crippen molar-refractivity contribution in [3.8, 4) is 5.75 Å². The second kappa shape index (κ2) is 8.53. The minimum atomic E-state index is -0.227. The molecule has 0 unspecified atom stereocenters. The first-order valence-electron chi connectivity index (χ1n) is 7.14. The molecule has 2 aromatic rings. The summed E-state index contributed by atoms with van der Waals surface area (Å²) in [6.45, 7) is 0.970. The lowest BCUT2D eigenvalue weighted by atomic mass is 10.2. The van der Waals surface area contributed by atoms with Crippen molar-refractivity contribution in [2.45, 2.75) is 13.1 Å². The zero-order chi connectivity index (χ0) is 16.7. The number of methoxy groups -OCH3 is 1. The zero-order valence-electron chi connectivity index (χ0n) is 13.1. The van der Waals surface area contributed by atoms with Gasteiger partial charge in [0, 0.05) is 25.7 Å². The van der Waals surface area contributed by atoms with Crippen molar-refractivity contribution in [1.82, 2.24) is 10.6 Å². The Morgan fingerprint density at radius 2 is 1.91 bits per heavy atom. The molecule has 0 radical (unpaired) electrons. The average Bonchev–Trinajstić information content (AvgIpc) is 2.56. The molecule has 2 rings (SSSR count). The standard InChI is InChI=1S/C17H19BrFN3O/c1-20-17(22-11-13-5-3-4-6-15(13)19)21-10-12-7-8-16(23-2)14(18)9-12/h3-9H,10-11H2,1-2H3,(H2,20,21,22). The summed E-state index contributed by atoms with van der Waals surface area (Å²) in [5.41, 5.74) is 1.68. The van der Waals surface area contributed by atoms with E-state index in [0.29, 0.717) is 24.6 Å². The first-order valence-corrected chi connectivity index (χ1v) is 7.93. The molecule has 6 heteroatoms. The highest BCUT2D eigenvalue weighted by molar-refractivity contribution is 9.10. The van der Waals surface area contributed by atoms with Gasteiger partial charge in [-0.25, -0.2) is 4.39 Å². The van der Waals surface area contributed by atoms with E-state index >= 15 is 0 Å². The quantitative estimate of drug-likeness (QED) is 0.617. The van der Waals surface area contributed by atoms with E-state index in [1.54, 1.807) is 26.3 Å². The maximum absolute atomic E-state index is 13.6. The summed E-state index contributed by atoms with van der Waals surface area (Å²) in [5, 5.41) is 6.29. The van der Waals surface area contributed by atoms with Crippen LogP contribution in [0.4, 0.5) is 4.39 Å². The van der Waals surface area contributed by atoms with Gasteiger partial charge in [-0.15, -0.1) is 0 Å². The molecule has 0 heterocycles. The molecule has 0 bridgehead atoms. The Morgan fingerprint density at radius 1 is 1.17 bits per heavy atom. The third kappa shape index (κ3) is 4.96. The number of nitrogens with one attached hydrogen (secondary N) is 2. The lowest BCUT2D eigenvalue weighted by molar-refractivity contribution is 0.412. The van der Waals surface area contributed by atoms with Crippen LogP contribution in [0.2, 0.25) is 0 Å². The van der Waals surface area contributed by atoms with E-state index in [1.165, 1.54) is 6.07 Å². The molecular formula is C17H19BrFN3O. The molecule has 0 amide bonds. The fourth-order valence-corrected chi connectivity index (χ4v) is 2.64. The van der Waals surface area contributed by atoms with Gasteiger partial charge in [-0.1, -0.05) is 24.3 Å². The first-order chi connectivity index (χ1) is 11.1. The number of halogens is 2. The molecule has 2 N–H and O–H groups in total. The minimum absolute atomic E-state index is 0.227. The fraction of sp³-hybridized carbons (Fsp3) is 0.235. The number of guanidine groups is 1. The number of benzene rings is 2. The van der Waals surface area contributed by atoms with Crippen LogP contribution in [-0.4, -0.2) is 20.1 Å². The summed E-state index contributed by atoms with van der Waals surface area (Å²) >= 11 is 3.46. The molecule has 0 aliphatic rings. The average molecular weight is 380 g/mol. The van der Waals surface area contributed by atoms with Crippen LogP contribution in [0.3, 0.4) is 0 Å². The molecule has 122 valence electrons. The number of ether oxygens (including phenoxy) is 1. The summed E-state index contributed by atoms with van der Waals surface area (Å²) in [6, 6.07) is 12.5. The van der Waals surface area contributed by atoms with E-state index in [9.17, 15) is 4.39 Å². The van der Waals surface area contributed by atoms with Gasteiger partial charge in [0.1, 0.15) is 11.6 Å². The summed E-state index contributed by atoms with van der Waals surface area (Å²) in [7, 11) is 3.31. The molecule has 0 aromatic heterocycles. The highest BCUT2D eigenvalue weighted by Gasteiger charge is 2.04. The SMILES string of the molecule is CN=C(NCc1ccc(OC)c(Br)c1)NCc1ccccc1F. The monoisotopic (exact) mass is 379 g/mol. The topological polar surface area (TPSA) is 45.7 Å². The van der Waals surface area contributed by atoms with Crippen molar-refractivity contribution in [3.63, 3.8) is 0 Å². The van der Waals surface area contributed by atoms with Crippen LogP contribution in [0.25, 0.3) is 0 Å². The Hall–Kier alpha value is -2.08. The Bertz CT molecular complexity index is 691. The maximum Gasteiger partial charge on any atom is 0.191 e. The molecule has 0 aliphatic heterocycles. The van der Waals surface area contributed by atoms with Gasteiger partial charge in [0.2, 0.25) is 0 Å². The molecule has 23 heavy (non-hydrogen) atoms. The van der Waals surface area contributed by atoms with E-state index in [4.69, 9.17) is 4.74 Å². The molecule has 0 fully saturated rings. The molecule has 0 spiro atoms. The van der Waals surface area contributed by atoms with Crippen molar-refractivity contribution in [3.05, 3.63) is 63.9 Å². The Balaban J connectivity index is 1.90. The van der Waals surface area contributed by atoms with E-state index in [1.807, 2.05) is 24.3 Å². The molecule has 0 saturated heterocycles. The van der Waals surface area contributed by atoms with Crippen LogP contribution in [0.1, 0.15) is 11.1 Å². The van der Waals surface area contributed by atoms with Crippen molar-refractivity contribution < 1.29 is 9.13 Å². The number of nitrogens with zero attached hydrogens (tertiary/aromatic N) is 1. The van der Waals surface area contributed by atoms with Crippen LogP contribution >= 0.6 is 15.9 Å². The number of hydrogen-bond donors (Lipinski definition) is 2. The number of hydrogen-bond acceptors (Lipinski definition) is 2. The van der Waals surface area contributed by atoms with Gasteiger partial charge in [0.25, 0.3) is 0 Å². The van der Waals surface area contributed by atoms with Crippen LogP contribution in [0, 0.1) is 5.82 Å². The van der Waals surface area contributed by atoms with Crippen LogP contribution in [-0.2, 0) is 13.1 Å². The lowest BCUT2D eigenvalue weighted by Gasteiger charge is -2.13. The van der Waals surface area contributed by atoms with Crippen LogP contribution in [0.15, 0.2) is 51.9 Å². The second-order valence-electron chi connectivity index (χ2n) is 4.84. The van der Waals surface area contributed by atoms with Crippen molar-refractivity contribution in [1.29, 1.82) is 0 Å². The van der Waals surface area contributed by atoms with Gasteiger partial charge in [0.15, 0.2) is 5.96 Å². The highest BCUT2D eigenvalue weighted by Crippen LogP contribution is 2.25. The maximum atomic E-state index is 13.6. The summed E-state index contributed by atoms with van der Waals surface area (Å²) < 4.78 is 19.7. The first kappa shape index (κ1) is 17.3. The Kier molecular flexibility index (Phi) is 6.40. The van der Waals surface area contributed by atoms with Gasteiger partial charge in [-0.05, 0) is 39.7 Å². The highest BCUT2D eigenvalue weighted by atomic mass is 79.9. The predicted octanol–water partition coefficient (Wildman–Crippen LogP) is 3.46. The zero-order valence-corrected chi connectivity index (χ0v) is 14.7. The van der Waals surface area contributed by atoms with Gasteiger partial charge >= 0.3 is 0 Å². The van der Waals surface area contributed by atoms with E-state index in [0.717, 1.165) is 15.8 Å². The number of aliphatic imine (C=N–C) groups is 1. The van der Waals surface area contributed by atoms with Crippen LogP contribution in [0.5, 0.6) is 5.75 Å². The lowest BCUT2D eigenvalue weighted by Crippen LogP contribution is -2.36. The van der Waals surface area contributed by atoms with Gasteiger partial charge in [-0.3, -0.25) is 4.99 Å². The van der Waals surface area contributed by atoms with Gasteiger partial charge in [0.05, 0.1) is 11.6 Å². The normalized spacial score (nSPS) is 11.2. The number of rotatable bonds is 5. The summed E-state index contributed by atoms with van der Waals surface area (Å²) in [4.78, 5) is 4.14. The van der Waals surface area contributed by atoms with E-state index in [-0.39, 0.29) is 5.82 Å². The van der Waals surface area contributed by atoms with E-state index < -0.39 is 0 Å². The molecule has 0 aliphatic carbocycles. The fourth-order valence-electron chi connectivity index (χ4n) is 2.05. The molecule has 0 saturated carbocycles. The van der Waals surface area contributed by atoms with Crippen molar-refractivity contribution in [2.24, 2.45) is 4.99 Å². The largest absolute Gasteiger partial charge is 0.496 e. The van der Waals surface area contributed by atoms with Gasteiger partial charge in [-0.2, -0.15) is 0 Å². The van der Waals surface area contributed by atoms with E-state index in [2.05, 4.69) is 31.6 Å². The van der Waals surface area contributed by atoms with Crippen LogP contribution < -0.4 is 15.4 Å². The molecular weight excluding hydrogens is 361 g/mol. The van der Waals surface area contributed by atoms with Crippen molar-refractivity contribution in [2.75, 3.05) is 14.2 Å². The smallest absolute Gasteiger partial charge is 0.191 e. The minimum Gasteiger partial charge on any atom is -0.496 e. The van der Waals surface area contributed by atoms with Gasteiger partial charge < -0.3 is 15.4 Å². The summed E-state index contributed by atoms with van der Waals surface area (Å²) in [6.07, 6.45) is 0. The molecule has 2 aromatic carbocycles. The Morgan fingerprint density at radius 3 is 2.57 bits per heavy atom. The third-order valence-corrected chi connectivity index (χ3v) is 3.92. The predicted molar refractivity (Wildman–Crippen MR) is 94.1 cm³/mol.